The Morgan fingerprint density at radius 3 is 2.81 bits per heavy atom. The van der Waals surface area contributed by atoms with Crippen LogP contribution in [0, 0.1) is 13.0 Å². The standard InChI is InChI=1S/C11H8ClN2O.Y/c1-8-2-3-10(13-7-8)14-5-4-9(12)6-11(14)15;/h3-7H,1H3;/q-1;. The molecule has 0 saturated carbocycles. The number of hydrogen-bond acceptors (Lipinski definition) is 2. The molecule has 3 nitrogen and oxygen atoms in total. The van der Waals surface area contributed by atoms with Crippen molar-refractivity contribution in [3.8, 4) is 5.82 Å². The molecule has 0 bridgehead atoms. The molecular formula is C11H8ClN2OY-. The molecule has 0 aliphatic heterocycles. The Kier molecular flexibility index (Phi) is 4.84. The van der Waals surface area contributed by atoms with Crippen LogP contribution in [-0.4, -0.2) is 9.55 Å². The van der Waals surface area contributed by atoms with E-state index in [1.54, 1.807) is 24.5 Å². The normalized spacial score (nSPS) is 9.62. The fraction of sp³-hybridized carbons (Fsp3) is 0.0909. The van der Waals surface area contributed by atoms with Gasteiger partial charge in [-0.1, -0.05) is 24.7 Å². The van der Waals surface area contributed by atoms with Crippen LogP contribution in [0.2, 0.25) is 5.02 Å². The molecule has 2 aromatic heterocycles. The van der Waals surface area contributed by atoms with Gasteiger partial charge in [-0.05, 0) is 6.07 Å². The number of nitrogens with zero attached hydrogens (tertiary/aromatic N) is 2. The van der Waals surface area contributed by atoms with E-state index in [-0.39, 0.29) is 38.3 Å². The predicted octanol–water partition coefficient (Wildman–Crippen LogP) is 1.99. The minimum atomic E-state index is -0.202. The second-order valence-corrected chi connectivity index (χ2v) is 3.58. The molecule has 79 valence electrons. The van der Waals surface area contributed by atoms with Crippen molar-refractivity contribution in [2.75, 3.05) is 0 Å². The fourth-order valence-electron chi connectivity index (χ4n) is 1.19. The second-order valence-electron chi connectivity index (χ2n) is 3.14. The first kappa shape index (κ1) is 13.6. The third-order valence-electron chi connectivity index (χ3n) is 1.95. The van der Waals surface area contributed by atoms with Crippen molar-refractivity contribution in [3.63, 3.8) is 0 Å². The Hall–Kier alpha value is -0.506. The van der Waals surface area contributed by atoms with E-state index in [1.807, 2.05) is 6.92 Å². The number of halogens is 1. The first-order valence-electron chi connectivity index (χ1n) is 4.40. The molecule has 0 aromatic carbocycles. The van der Waals surface area contributed by atoms with Crippen LogP contribution in [0.1, 0.15) is 5.56 Å². The van der Waals surface area contributed by atoms with Gasteiger partial charge < -0.3 is 9.55 Å². The average Bonchev–Trinajstić information content (AvgIpc) is 2.20. The maximum absolute atomic E-state index is 11.6. The summed E-state index contributed by atoms with van der Waals surface area (Å²) in [4.78, 5) is 15.7. The second kappa shape index (κ2) is 5.71. The van der Waals surface area contributed by atoms with Gasteiger partial charge in [0.15, 0.2) is 0 Å². The van der Waals surface area contributed by atoms with Gasteiger partial charge >= 0.3 is 0 Å². The number of rotatable bonds is 1. The van der Waals surface area contributed by atoms with E-state index in [1.165, 1.54) is 10.6 Å². The van der Waals surface area contributed by atoms with Gasteiger partial charge in [0.05, 0.1) is 0 Å². The van der Waals surface area contributed by atoms with E-state index in [0.717, 1.165) is 5.56 Å². The van der Waals surface area contributed by atoms with Gasteiger partial charge in [-0.15, -0.1) is 11.6 Å². The van der Waals surface area contributed by atoms with Crippen LogP contribution in [0.5, 0.6) is 0 Å². The summed E-state index contributed by atoms with van der Waals surface area (Å²) in [5.41, 5.74) is 0.730. The number of aromatic nitrogens is 2. The van der Waals surface area contributed by atoms with Crippen LogP contribution in [0.3, 0.4) is 0 Å². The molecular weight excluding hydrogens is 300 g/mol. The molecule has 0 aliphatic carbocycles. The van der Waals surface area contributed by atoms with Gasteiger partial charge in [-0.25, -0.2) is 0 Å². The summed E-state index contributed by atoms with van der Waals surface area (Å²) in [7, 11) is 0. The largest absolute Gasteiger partial charge is 0.367 e. The van der Waals surface area contributed by atoms with E-state index >= 15 is 0 Å². The Labute approximate surface area is 123 Å². The summed E-state index contributed by atoms with van der Waals surface area (Å²) in [5.74, 6) is 0.544. The molecule has 0 spiro atoms. The molecule has 0 fully saturated rings. The summed E-state index contributed by atoms with van der Waals surface area (Å²) >= 11 is 5.69. The monoisotopic (exact) mass is 308 g/mol. The summed E-state index contributed by atoms with van der Waals surface area (Å²) in [5, 5.41) is 0.423. The first-order valence-corrected chi connectivity index (χ1v) is 4.77. The minimum absolute atomic E-state index is 0. The molecule has 0 aliphatic rings. The van der Waals surface area contributed by atoms with Gasteiger partial charge in [0.1, 0.15) is 0 Å². The smallest absolute Gasteiger partial charge is 0.246 e. The van der Waals surface area contributed by atoms with E-state index < -0.39 is 0 Å². The van der Waals surface area contributed by atoms with Crippen molar-refractivity contribution in [1.82, 2.24) is 9.55 Å². The van der Waals surface area contributed by atoms with E-state index in [0.29, 0.717) is 10.8 Å². The third-order valence-corrected chi connectivity index (χ3v) is 2.18. The van der Waals surface area contributed by atoms with Gasteiger partial charge in [-0.3, -0.25) is 4.79 Å². The van der Waals surface area contributed by atoms with Crippen molar-refractivity contribution in [2.24, 2.45) is 0 Å². The Balaban J connectivity index is 0.00000128. The Morgan fingerprint density at radius 2 is 2.25 bits per heavy atom. The Bertz CT molecular complexity index is 536. The number of hydrogen-bond donors (Lipinski definition) is 0. The molecule has 0 saturated heterocycles. The van der Waals surface area contributed by atoms with Crippen molar-refractivity contribution >= 4 is 11.6 Å². The van der Waals surface area contributed by atoms with Crippen LogP contribution >= 0.6 is 11.6 Å². The maximum Gasteiger partial charge on any atom is 0.246 e. The molecule has 1 radical (unpaired) electrons. The third kappa shape index (κ3) is 3.00. The average molecular weight is 309 g/mol. The van der Waals surface area contributed by atoms with Crippen LogP contribution in [0.25, 0.3) is 5.82 Å². The van der Waals surface area contributed by atoms with Crippen molar-refractivity contribution < 1.29 is 32.7 Å². The van der Waals surface area contributed by atoms with Crippen LogP contribution in [-0.2, 0) is 32.7 Å². The molecule has 16 heavy (non-hydrogen) atoms. The van der Waals surface area contributed by atoms with Crippen LogP contribution in [0.4, 0.5) is 0 Å². The molecule has 2 rings (SSSR count). The summed E-state index contributed by atoms with van der Waals surface area (Å²) in [6.45, 7) is 1.89. The van der Waals surface area contributed by atoms with E-state index in [9.17, 15) is 4.79 Å². The molecule has 0 unspecified atom stereocenters. The van der Waals surface area contributed by atoms with Crippen LogP contribution in [0.15, 0.2) is 35.4 Å². The zero-order valence-corrected chi connectivity index (χ0v) is 12.2. The topological polar surface area (TPSA) is 34.9 Å². The minimum Gasteiger partial charge on any atom is -0.367 e. The summed E-state index contributed by atoms with van der Waals surface area (Å²) in [6.07, 6.45) is 3.26. The number of aryl methyl sites for hydroxylation is 1. The van der Waals surface area contributed by atoms with Crippen molar-refractivity contribution in [3.05, 3.63) is 57.6 Å². The van der Waals surface area contributed by atoms with E-state index in [4.69, 9.17) is 11.6 Å². The number of pyridine rings is 2. The molecule has 0 atom stereocenters. The maximum atomic E-state index is 11.6. The van der Waals surface area contributed by atoms with Gasteiger partial charge in [-0.2, -0.15) is 6.07 Å². The van der Waals surface area contributed by atoms with Gasteiger partial charge in [0.2, 0.25) is 5.56 Å². The quantitative estimate of drug-likeness (QED) is 0.755. The van der Waals surface area contributed by atoms with Crippen molar-refractivity contribution in [2.45, 2.75) is 6.92 Å². The van der Waals surface area contributed by atoms with Gasteiger partial charge in [0, 0.05) is 55.8 Å². The first-order chi connectivity index (χ1) is 7.16. The molecule has 2 heterocycles. The zero-order valence-electron chi connectivity index (χ0n) is 8.64. The SMILES string of the molecule is Cc1[c-]cc(-n2ccc(Cl)cc2=O)nc1.[Y]. The zero-order chi connectivity index (χ0) is 10.8. The van der Waals surface area contributed by atoms with E-state index in [2.05, 4.69) is 11.1 Å². The Morgan fingerprint density at radius 1 is 1.50 bits per heavy atom. The molecule has 2 aromatic rings. The molecule has 0 N–H and O–H groups in total. The van der Waals surface area contributed by atoms with Crippen LogP contribution < -0.4 is 5.56 Å². The summed E-state index contributed by atoms with van der Waals surface area (Å²) < 4.78 is 1.42. The van der Waals surface area contributed by atoms with Gasteiger partial charge in [0.25, 0.3) is 0 Å². The molecule has 0 amide bonds. The predicted molar refractivity (Wildman–Crippen MR) is 58.4 cm³/mol. The fourth-order valence-corrected chi connectivity index (χ4v) is 1.34. The van der Waals surface area contributed by atoms with Crippen molar-refractivity contribution in [1.29, 1.82) is 0 Å². The molecule has 5 heteroatoms. The summed E-state index contributed by atoms with van der Waals surface area (Å²) in [6, 6.07) is 7.65.